The van der Waals surface area contributed by atoms with Gasteiger partial charge in [0.25, 0.3) is 0 Å². The first-order valence-corrected chi connectivity index (χ1v) is 12.0. The molecule has 2 aromatic carbocycles. The smallest absolute Gasteiger partial charge is 0.416 e. The fourth-order valence-corrected chi connectivity index (χ4v) is 5.19. The molecule has 0 spiro atoms. The minimum absolute atomic E-state index is 0.0327. The lowest BCUT2D eigenvalue weighted by atomic mass is 9.98. The molecule has 6 nitrogen and oxygen atoms in total. The van der Waals surface area contributed by atoms with Crippen LogP contribution in [0, 0.1) is 5.92 Å². The molecule has 192 valence electrons. The summed E-state index contributed by atoms with van der Waals surface area (Å²) in [6.45, 7) is 2.01. The van der Waals surface area contributed by atoms with Gasteiger partial charge in [-0.25, -0.2) is 8.42 Å². The fourth-order valence-electron chi connectivity index (χ4n) is 3.67. The first-order chi connectivity index (χ1) is 16.2. The van der Waals surface area contributed by atoms with Crippen LogP contribution in [0.4, 0.5) is 32.0 Å². The predicted octanol–water partition coefficient (Wildman–Crippen LogP) is 5.16. The number of benzene rings is 2. The van der Waals surface area contributed by atoms with Gasteiger partial charge in [-0.15, -0.1) is 0 Å². The van der Waals surface area contributed by atoms with E-state index in [-0.39, 0.29) is 36.9 Å². The van der Waals surface area contributed by atoms with Gasteiger partial charge in [-0.3, -0.25) is 4.79 Å². The van der Waals surface area contributed by atoms with E-state index in [0.29, 0.717) is 24.5 Å². The van der Waals surface area contributed by atoms with Crippen LogP contribution in [0.5, 0.6) is 5.75 Å². The zero-order valence-electron chi connectivity index (χ0n) is 18.4. The maximum absolute atomic E-state index is 13.1. The van der Waals surface area contributed by atoms with Gasteiger partial charge in [-0.2, -0.15) is 30.6 Å². The van der Waals surface area contributed by atoms with Crippen LogP contribution in [0.1, 0.15) is 30.9 Å². The van der Waals surface area contributed by atoms with Crippen LogP contribution in [-0.4, -0.2) is 38.3 Å². The van der Waals surface area contributed by atoms with Crippen molar-refractivity contribution in [2.75, 3.05) is 25.0 Å². The first kappa shape index (κ1) is 26.8. The van der Waals surface area contributed by atoms with Crippen molar-refractivity contribution in [2.24, 2.45) is 5.92 Å². The number of rotatable bonds is 6. The summed E-state index contributed by atoms with van der Waals surface area (Å²) in [6, 6.07) is 6.44. The van der Waals surface area contributed by atoms with Gasteiger partial charge in [0.05, 0.1) is 28.5 Å². The lowest BCUT2D eigenvalue weighted by Crippen LogP contribution is -2.43. The number of ether oxygens (including phenoxy) is 1. The third kappa shape index (κ3) is 6.45. The van der Waals surface area contributed by atoms with Crippen LogP contribution in [-0.2, 0) is 27.2 Å². The fraction of sp³-hybridized carbons (Fsp3) is 0.409. The van der Waals surface area contributed by atoms with Crippen molar-refractivity contribution >= 4 is 21.6 Å². The lowest BCUT2D eigenvalue weighted by Gasteiger charge is -2.31. The number of hydrogen-bond donors (Lipinski definition) is 1. The maximum atomic E-state index is 13.1. The van der Waals surface area contributed by atoms with Crippen LogP contribution in [0.3, 0.4) is 0 Å². The SMILES string of the molecule is CCOc1ccc(S(=O)(=O)N2CCC[C@@H](C(=O)Nc3cc(C(F)(F)F)cc(C(F)(F)F)c3)C2)cc1. The molecule has 1 saturated heterocycles. The molecule has 3 rings (SSSR count). The third-order valence-corrected chi connectivity index (χ3v) is 7.26. The molecule has 0 unspecified atom stereocenters. The highest BCUT2D eigenvalue weighted by Crippen LogP contribution is 2.38. The minimum atomic E-state index is -5.06. The van der Waals surface area contributed by atoms with E-state index >= 15 is 0 Å². The van der Waals surface area contributed by atoms with E-state index < -0.39 is 51.0 Å². The van der Waals surface area contributed by atoms with Crippen LogP contribution < -0.4 is 10.1 Å². The first-order valence-electron chi connectivity index (χ1n) is 10.5. The van der Waals surface area contributed by atoms with Gasteiger partial charge in [0, 0.05) is 18.8 Å². The number of carbonyl (C=O) groups is 1. The summed E-state index contributed by atoms with van der Waals surface area (Å²) < 4.78 is 111. The standard InChI is InChI=1S/C22H22F6N2O4S/c1-2-34-18-5-7-19(8-6-18)35(32,33)30-9-3-4-14(13-30)20(31)29-17-11-15(21(23,24)25)10-16(12-17)22(26,27)28/h5-8,10-12,14H,2-4,9,13H2,1H3,(H,29,31)/t14-/m1/s1. The Labute approximate surface area is 197 Å². The molecule has 0 bridgehead atoms. The third-order valence-electron chi connectivity index (χ3n) is 5.38. The van der Waals surface area contributed by atoms with Crippen molar-refractivity contribution in [1.29, 1.82) is 0 Å². The van der Waals surface area contributed by atoms with Gasteiger partial charge in [0.15, 0.2) is 0 Å². The Morgan fingerprint density at radius 2 is 1.60 bits per heavy atom. The topological polar surface area (TPSA) is 75.7 Å². The average molecular weight is 524 g/mol. The molecule has 1 heterocycles. The van der Waals surface area contributed by atoms with Crippen LogP contribution in [0.25, 0.3) is 0 Å². The lowest BCUT2D eigenvalue weighted by molar-refractivity contribution is -0.143. The van der Waals surface area contributed by atoms with Crippen LogP contribution >= 0.6 is 0 Å². The summed E-state index contributed by atoms with van der Waals surface area (Å²) in [4.78, 5) is 12.7. The van der Waals surface area contributed by atoms with E-state index in [9.17, 15) is 39.6 Å². The Morgan fingerprint density at radius 3 is 2.11 bits per heavy atom. The maximum Gasteiger partial charge on any atom is 0.416 e. The molecular formula is C22H22F6N2O4S. The number of nitrogens with one attached hydrogen (secondary N) is 1. The van der Waals surface area contributed by atoms with E-state index in [4.69, 9.17) is 4.74 Å². The van der Waals surface area contributed by atoms with Gasteiger partial charge in [0.1, 0.15) is 5.75 Å². The summed E-state index contributed by atoms with van der Waals surface area (Å²) in [6.07, 6.45) is -9.63. The summed E-state index contributed by atoms with van der Waals surface area (Å²) in [7, 11) is -3.98. The molecule has 1 aliphatic heterocycles. The Balaban J connectivity index is 1.78. The molecule has 1 fully saturated rings. The van der Waals surface area contributed by atoms with E-state index in [0.717, 1.165) is 4.31 Å². The quantitative estimate of drug-likeness (QED) is 0.530. The summed E-state index contributed by atoms with van der Waals surface area (Å²) in [5, 5.41) is 2.09. The van der Waals surface area contributed by atoms with Gasteiger partial charge < -0.3 is 10.1 Å². The monoisotopic (exact) mass is 524 g/mol. The normalized spacial score (nSPS) is 17.7. The predicted molar refractivity (Wildman–Crippen MR) is 114 cm³/mol. The second kappa shape index (κ2) is 10.1. The number of alkyl halides is 6. The van der Waals surface area contributed by atoms with Gasteiger partial charge in [0.2, 0.25) is 15.9 Å². The summed E-state index contributed by atoms with van der Waals surface area (Å²) in [5.74, 6) is -1.36. The van der Waals surface area contributed by atoms with E-state index in [2.05, 4.69) is 5.32 Å². The zero-order chi connectivity index (χ0) is 26.0. The van der Waals surface area contributed by atoms with Crippen molar-refractivity contribution in [3.05, 3.63) is 53.6 Å². The second-order valence-electron chi connectivity index (χ2n) is 7.89. The average Bonchev–Trinajstić information content (AvgIpc) is 2.78. The van der Waals surface area contributed by atoms with Gasteiger partial charge in [-0.1, -0.05) is 0 Å². The van der Waals surface area contributed by atoms with Crippen molar-refractivity contribution < 1.29 is 44.3 Å². The molecule has 0 saturated carbocycles. The van der Waals surface area contributed by atoms with Crippen LogP contribution in [0.2, 0.25) is 0 Å². The highest BCUT2D eigenvalue weighted by Gasteiger charge is 2.38. The highest BCUT2D eigenvalue weighted by molar-refractivity contribution is 7.89. The van der Waals surface area contributed by atoms with Gasteiger partial charge >= 0.3 is 12.4 Å². The number of hydrogen-bond acceptors (Lipinski definition) is 4. The number of anilines is 1. The summed E-state index contributed by atoms with van der Waals surface area (Å²) in [5.41, 5.74) is -3.81. The molecule has 0 aromatic heterocycles. The molecule has 2 aromatic rings. The van der Waals surface area contributed by atoms with Crippen molar-refractivity contribution in [2.45, 2.75) is 37.0 Å². The number of piperidine rings is 1. The molecule has 1 N–H and O–H groups in total. The second-order valence-corrected chi connectivity index (χ2v) is 9.83. The minimum Gasteiger partial charge on any atom is -0.494 e. The van der Waals surface area contributed by atoms with Crippen molar-refractivity contribution in [3.63, 3.8) is 0 Å². The zero-order valence-corrected chi connectivity index (χ0v) is 19.2. The molecule has 0 radical (unpaired) electrons. The van der Waals surface area contributed by atoms with Crippen LogP contribution in [0.15, 0.2) is 47.4 Å². The van der Waals surface area contributed by atoms with E-state index in [1.165, 1.54) is 24.3 Å². The van der Waals surface area contributed by atoms with Crippen molar-refractivity contribution in [3.8, 4) is 5.75 Å². The summed E-state index contributed by atoms with van der Waals surface area (Å²) >= 11 is 0. The van der Waals surface area contributed by atoms with E-state index in [1.807, 2.05) is 0 Å². The molecule has 1 aliphatic rings. The Kier molecular flexibility index (Phi) is 7.70. The number of amides is 1. The Morgan fingerprint density at radius 1 is 1.03 bits per heavy atom. The van der Waals surface area contributed by atoms with E-state index in [1.54, 1.807) is 6.92 Å². The molecule has 1 atom stereocenters. The molecule has 0 aliphatic carbocycles. The van der Waals surface area contributed by atoms with Crippen molar-refractivity contribution in [1.82, 2.24) is 4.31 Å². The molecule has 1 amide bonds. The number of sulfonamides is 1. The Bertz CT molecular complexity index is 1130. The van der Waals surface area contributed by atoms with Gasteiger partial charge in [-0.05, 0) is 62.2 Å². The molecule has 35 heavy (non-hydrogen) atoms. The highest BCUT2D eigenvalue weighted by atomic mass is 32.2. The largest absolute Gasteiger partial charge is 0.494 e. The Hall–Kier alpha value is -2.80. The molecular weight excluding hydrogens is 502 g/mol. The number of halogens is 6. The number of carbonyl (C=O) groups excluding carboxylic acids is 1. The number of nitrogens with zero attached hydrogens (tertiary/aromatic N) is 1. The molecule has 13 heteroatoms.